The number of alkyl halides is 2. The maximum atomic E-state index is 14.9. The van der Waals surface area contributed by atoms with E-state index in [1.807, 2.05) is 13.0 Å². The predicted octanol–water partition coefficient (Wildman–Crippen LogP) is 7.74. The molecule has 0 aromatic rings. The second kappa shape index (κ2) is 11.2. The third-order valence-corrected chi connectivity index (χ3v) is 7.98. The highest BCUT2D eigenvalue weighted by Crippen LogP contribution is 2.44. The molecule has 0 saturated heterocycles. The summed E-state index contributed by atoms with van der Waals surface area (Å²) in [4.78, 5) is 0. The third kappa shape index (κ3) is 6.02. The third-order valence-electron chi connectivity index (χ3n) is 7.98. The van der Waals surface area contributed by atoms with Crippen LogP contribution in [-0.4, -0.2) is 25.1 Å². The molecule has 168 valence electrons. The lowest BCUT2D eigenvalue weighted by Crippen LogP contribution is -2.45. The molecule has 0 aliphatic heterocycles. The lowest BCUT2D eigenvalue weighted by molar-refractivity contribution is -0.0842. The molecule has 1 nitrogen and oxygen atoms in total. The summed E-state index contributed by atoms with van der Waals surface area (Å²) in [6, 6.07) is 0. The molecular weight excluding hydrogens is 373 g/mol. The van der Waals surface area contributed by atoms with Crippen molar-refractivity contribution in [1.29, 1.82) is 0 Å². The molecule has 29 heavy (non-hydrogen) atoms. The zero-order chi connectivity index (χ0) is 20.8. The number of halogens is 3. The Labute approximate surface area is 175 Å². The highest BCUT2D eigenvalue weighted by atomic mass is 19.2. The van der Waals surface area contributed by atoms with Crippen molar-refractivity contribution in [1.82, 2.24) is 0 Å². The van der Waals surface area contributed by atoms with Gasteiger partial charge in [0.2, 0.25) is 0 Å². The molecule has 3 aliphatic carbocycles. The Bertz CT molecular complexity index is 506. The molecule has 4 atom stereocenters. The summed E-state index contributed by atoms with van der Waals surface area (Å²) in [5.41, 5.74) is 0. The Kier molecular flexibility index (Phi) is 8.95. The Morgan fingerprint density at radius 1 is 0.862 bits per heavy atom. The second-order valence-electron chi connectivity index (χ2n) is 9.86. The highest BCUT2D eigenvalue weighted by molar-refractivity contribution is 5.04. The lowest BCUT2D eigenvalue weighted by Gasteiger charge is -2.41. The summed E-state index contributed by atoms with van der Waals surface area (Å²) in [6.07, 6.45) is 10.2. The van der Waals surface area contributed by atoms with Crippen LogP contribution in [0.1, 0.15) is 90.9 Å². The smallest absolute Gasteiger partial charge is 0.157 e. The van der Waals surface area contributed by atoms with Crippen molar-refractivity contribution in [3.63, 3.8) is 0 Å². The van der Waals surface area contributed by atoms with Gasteiger partial charge in [0.25, 0.3) is 0 Å². The fraction of sp³-hybridized carbons (Fsp3) is 0.920. The number of hydrogen-bond acceptors (Lipinski definition) is 1. The van der Waals surface area contributed by atoms with Gasteiger partial charge in [-0.05, 0) is 101 Å². The van der Waals surface area contributed by atoms with Gasteiger partial charge in [0.15, 0.2) is 6.17 Å². The summed E-state index contributed by atoms with van der Waals surface area (Å²) in [5, 5.41) is 0. The average molecular weight is 415 g/mol. The molecule has 0 bridgehead atoms. The molecular formula is C25H41F3O. The lowest BCUT2D eigenvalue weighted by atomic mass is 9.69. The van der Waals surface area contributed by atoms with Crippen LogP contribution in [0.15, 0.2) is 11.9 Å². The molecule has 0 radical (unpaired) electrons. The number of rotatable bonds is 7. The van der Waals surface area contributed by atoms with Crippen LogP contribution in [0, 0.1) is 29.6 Å². The summed E-state index contributed by atoms with van der Waals surface area (Å²) in [6.45, 7) is 4.50. The van der Waals surface area contributed by atoms with E-state index in [1.54, 1.807) is 0 Å². The molecule has 0 heterocycles. The van der Waals surface area contributed by atoms with Crippen LogP contribution in [0.3, 0.4) is 0 Å². The number of ether oxygens (including phenoxy) is 1. The van der Waals surface area contributed by atoms with Crippen LogP contribution < -0.4 is 0 Å². The van der Waals surface area contributed by atoms with E-state index in [2.05, 4.69) is 6.92 Å². The molecule has 3 fully saturated rings. The van der Waals surface area contributed by atoms with Crippen molar-refractivity contribution < 1.29 is 17.9 Å². The minimum absolute atomic E-state index is 0.00128. The van der Waals surface area contributed by atoms with Crippen LogP contribution in [-0.2, 0) is 4.74 Å². The zero-order valence-electron chi connectivity index (χ0n) is 18.4. The monoisotopic (exact) mass is 414 g/mol. The maximum Gasteiger partial charge on any atom is 0.157 e. The Balaban J connectivity index is 1.45. The van der Waals surface area contributed by atoms with Crippen LogP contribution in [0.5, 0.6) is 0 Å². The van der Waals surface area contributed by atoms with Gasteiger partial charge in [0.05, 0.1) is 11.9 Å². The van der Waals surface area contributed by atoms with E-state index >= 15 is 0 Å². The second-order valence-corrected chi connectivity index (χ2v) is 9.86. The van der Waals surface area contributed by atoms with E-state index in [0.717, 1.165) is 44.4 Å². The van der Waals surface area contributed by atoms with E-state index in [0.29, 0.717) is 25.4 Å². The molecule has 0 aromatic heterocycles. The maximum absolute atomic E-state index is 14.9. The first-order chi connectivity index (χ1) is 14.0. The first-order valence-corrected chi connectivity index (χ1v) is 12.3. The molecule has 0 spiro atoms. The highest BCUT2D eigenvalue weighted by Gasteiger charge is 2.44. The molecule has 0 N–H and O–H groups in total. The van der Waals surface area contributed by atoms with Crippen LogP contribution in [0.2, 0.25) is 0 Å². The predicted molar refractivity (Wildman–Crippen MR) is 113 cm³/mol. The minimum atomic E-state index is -1.51. The zero-order valence-corrected chi connectivity index (χ0v) is 18.4. The summed E-state index contributed by atoms with van der Waals surface area (Å²) in [5.74, 6) is 1.29. The van der Waals surface area contributed by atoms with Gasteiger partial charge in [-0.1, -0.05) is 19.8 Å². The van der Waals surface area contributed by atoms with Crippen molar-refractivity contribution in [2.75, 3.05) is 6.61 Å². The summed E-state index contributed by atoms with van der Waals surface area (Å²) in [7, 11) is 0. The van der Waals surface area contributed by atoms with Gasteiger partial charge in [0, 0.05) is 12.5 Å². The molecule has 4 unspecified atom stereocenters. The van der Waals surface area contributed by atoms with Gasteiger partial charge < -0.3 is 4.74 Å². The van der Waals surface area contributed by atoms with Crippen molar-refractivity contribution >= 4 is 0 Å². The van der Waals surface area contributed by atoms with E-state index < -0.39 is 18.4 Å². The topological polar surface area (TPSA) is 9.23 Å². The van der Waals surface area contributed by atoms with Crippen molar-refractivity contribution in [2.24, 2.45) is 29.6 Å². The quantitative estimate of drug-likeness (QED) is 0.414. The van der Waals surface area contributed by atoms with Crippen molar-refractivity contribution in [3.8, 4) is 0 Å². The number of allylic oxidation sites excluding steroid dienone is 2. The Morgan fingerprint density at radius 2 is 1.55 bits per heavy atom. The van der Waals surface area contributed by atoms with Crippen LogP contribution in [0.4, 0.5) is 13.2 Å². The Hall–Kier alpha value is -0.510. The van der Waals surface area contributed by atoms with E-state index in [4.69, 9.17) is 4.74 Å². The normalized spacial score (nSPS) is 42.0. The fourth-order valence-corrected chi connectivity index (χ4v) is 6.24. The van der Waals surface area contributed by atoms with Crippen molar-refractivity contribution in [2.45, 2.75) is 109 Å². The van der Waals surface area contributed by atoms with Gasteiger partial charge in [-0.3, -0.25) is 0 Å². The average Bonchev–Trinajstić information content (AvgIpc) is 2.73. The van der Waals surface area contributed by atoms with E-state index in [9.17, 15) is 13.2 Å². The minimum Gasteiger partial charge on any atom is -0.375 e. The molecule has 4 heteroatoms. The first-order valence-electron chi connectivity index (χ1n) is 12.3. The molecule has 3 rings (SSSR count). The van der Waals surface area contributed by atoms with Crippen molar-refractivity contribution in [3.05, 3.63) is 11.9 Å². The first kappa shape index (κ1) is 23.2. The fourth-order valence-electron chi connectivity index (χ4n) is 6.24. The van der Waals surface area contributed by atoms with Crippen LogP contribution >= 0.6 is 0 Å². The van der Waals surface area contributed by atoms with Gasteiger partial charge in [-0.2, -0.15) is 0 Å². The number of hydrogen-bond donors (Lipinski definition) is 0. The molecule has 3 aliphatic rings. The van der Waals surface area contributed by atoms with Gasteiger partial charge in [-0.25, -0.2) is 13.2 Å². The largest absolute Gasteiger partial charge is 0.375 e. The Morgan fingerprint density at radius 3 is 2.17 bits per heavy atom. The molecule has 0 aromatic carbocycles. The van der Waals surface area contributed by atoms with Gasteiger partial charge >= 0.3 is 0 Å². The molecule has 0 amide bonds. The standard InChI is InChI=1S/C25H41F3O/c1-3-5-17-6-8-18(9-7-17)16-22(26)20-12-10-19(11-13-20)21-14-15-23(29-4-2)25(28)24(21)27/h16-21,23-25H,3-15H2,1-2H3/b22-16-. The molecule has 3 saturated carbocycles. The van der Waals surface area contributed by atoms with Gasteiger partial charge in [-0.15, -0.1) is 0 Å². The van der Waals surface area contributed by atoms with Gasteiger partial charge in [0.1, 0.15) is 6.17 Å². The summed E-state index contributed by atoms with van der Waals surface area (Å²) >= 11 is 0. The van der Waals surface area contributed by atoms with Crippen LogP contribution in [0.25, 0.3) is 0 Å². The van der Waals surface area contributed by atoms with E-state index in [-0.39, 0.29) is 23.6 Å². The van der Waals surface area contributed by atoms with E-state index in [1.165, 1.54) is 25.7 Å². The summed E-state index contributed by atoms with van der Waals surface area (Å²) < 4.78 is 49.4. The SMILES string of the molecule is CCCC1CCC(/C=C(\F)C2CCC(C3CCC(OCC)C(F)C3F)CC2)CC1.